The molecule has 8 heteroatoms. The number of rotatable bonds is 3. The topological polar surface area (TPSA) is 73.6 Å². The fraction of sp³-hybridized carbons (Fsp3) is 0.462. The number of hydrogen-bond acceptors (Lipinski definition) is 4. The standard InChI is InChI=1S/C13H15F3N2O3/c1-12(7-20-6-10(12)17)11(19)18-8-2-4-9(5-3-8)21-13(14,15)16/h2-5,10H,6-7,17H2,1H3,(H,18,19). The van der Waals surface area contributed by atoms with Crippen molar-refractivity contribution in [1.82, 2.24) is 0 Å². The summed E-state index contributed by atoms with van der Waals surface area (Å²) >= 11 is 0. The molecule has 2 atom stereocenters. The van der Waals surface area contributed by atoms with Gasteiger partial charge in [0.05, 0.1) is 18.6 Å². The van der Waals surface area contributed by atoms with Crippen molar-refractivity contribution in [2.24, 2.45) is 11.1 Å². The largest absolute Gasteiger partial charge is 0.573 e. The number of amides is 1. The molecule has 0 radical (unpaired) electrons. The van der Waals surface area contributed by atoms with Crippen LogP contribution in [-0.2, 0) is 9.53 Å². The first kappa shape index (κ1) is 15.6. The van der Waals surface area contributed by atoms with Crippen molar-refractivity contribution >= 4 is 11.6 Å². The van der Waals surface area contributed by atoms with Gasteiger partial charge in [-0.1, -0.05) is 0 Å². The smallest absolute Gasteiger partial charge is 0.406 e. The van der Waals surface area contributed by atoms with E-state index in [0.717, 1.165) is 12.1 Å². The molecule has 0 bridgehead atoms. The van der Waals surface area contributed by atoms with Crippen LogP contribution in [0.25, 0.3) is 0 Å². The molecule has 1 aromatic rings. The quantitative estimate of drug-likeness (QED) is 0.894. The highest BCUT2D eigenvalue weighted by Gasteiger charge is 2.44. The Balaban J connectivity index is 2.02. The highest BCUT2D eigenvalue weighted by Crippen LogP contribution is 2.29. The number of anilines is 1. The zero-order chi connectivity index (χ0) is 15.7. The lowest BCUT2D eigenvalue weighted by Gasteiger charge is -2.25. The number of nitrogens with two attached hydrogens (primary N) is 1. The van der Waals surface area contributed by atoms with E-state index in [1.807, 2.05) is 0 Å². The van der Waals surface area contributed by atoms with Crippen molar-refractivity contribution in [1.29, 1.82) is 0 Å². The maximum absolute atomic E-state index is 12.2. The van der Waals surface area contributed by atoms with Gasteiger partial charge in [-0.25, -0.2) is 0 Å². The number of carbonyl (C=O) groups excluding carboxylic acids is 1. The van der Waals surface area contributed by atoms with Gasteiger partial charge < -0.3 is 20.5 Å². The van der Waals surface area contributed by atoms with E-state index in [1.54, 1.807) is 6.92 Å². The van der Waals surface area contributed by atoms with Gasteiger partial charge in [0.25, 0.3) is 0 Å². The predicted octanol–water partition coefficient (Wildman–Crippen LogP) is 1.89. The van der Waals surface area contributed by atoms with E-state index in [-0.39, 0.29) is 18.3 Å². The molecule has 3 N–H and O–H groups in total. The molecule has 21 heavy (non-hydrogen) atoms. The third-order valence-electron chi connectivity index (χ3n) is 3.38. The summed E-state index contributed by atoms with van der Waals surface area (Å²) < 4.78 is 45.0. The minimum Gasteiger partial charge on any atom is -0.406 e. The Morgan fingerprint density at radius 3 is 2.52 bits per heavy atom. The molecule has 1 amide bonds. The van der Waals surface area contributed by atoms with Gasteiger partial charge in [-0.05, 0) is 31.2 Å². The van der Waals surface area contributed by atoms with E-state index in [9.17, 15) is 18.0 Å². The number of ether oxygens (including phenoxy) is 2. The molecule has 1 aliphatic heterocycles. The molecular formula is C13H15F3N2O3. The Morgan fingerprint density at radius 2 is 2.05 bits per heavy atom. The summed E-state index contributed by atoms with van der Waals surface area (Å²) in [6, 6.07) is 4.46. The summed E-state index contributed by atoms with van der Waals surface area (Å²) in [6.07, 6.45) is -4.74. The maximum Gasteiger partial charge on any atom is 0.573 e. The van der Waals surface area contributed by atoms with E-state index in [0.29, 0.717) is 12.3 Å². The van der Waals surface area contributed by atoms with Crippen LogP contribution in [0, 0.1) is 5.41 Å². The predicted molar refractivity (Wildman–Crippen MR) is 68.7 cm³/mol. The van der Waals surface area contributed by atoms with Crippen molar-refractivity contribution in [3.05, 3.63) is 24.3 Å². The van der Waals surface area contributed by atoms with Gasteiger partial charge in [0.1, 0.15) is 5.75 Å². The Bertz CT molecular complexity index is 518. The third kappa shape index (κ3) is 3.64. The Morgan fingerprint density at radius 1 is 1.43 bits per heavy atom. The average Bonchev–Trinajstić information content (AvgIpc) is 2.72. The molecule has 1 heterocycles. The number of carbonyl (C=O) groups is 1. The molecule has 0 saturated carbocycles. The molecule has 5 nitrogen and oxygen atoms in total. The van der Waals surface area contributed by atoms with Gasteiger partial charge in [0.2, 0.25) is 5.91 Å². The summed E-state index contributed by atoms with van der Waals surface area (Å²) in [4.78, 5) is 12.2. The van der Waals surface area contributed by atoms with Gasteiger partial charge in [-0.15, -0.1) is 13.2 Å². The van der Waals surface area contributed by atoms with E-state index in [1.165, 1.54) is 12.1 Å². The molecule has 1 aromatic carbocycles. The van der Waals surface area contributed by atoms with Crippen molar-refractivity contribution in [2.45, 2.75) is 19.3 Å². The van der Waals surface area contributed by atoms with E-state index >= 15 is 0 Å². The van der Waals surface area contributed by atoms with Crippen LogP contribution in [0.2, 0.25) is 0 Å². The summed E-state index contributed by atoms with van der Waals surface area (Å²) in [5.41, 5.74) is 5.33. The number of alkyl halides is 3. The molecule has 1 saturated heterocycles. The van der Waals surface area contributed by atoms with Crippen LogP contribution in [0.1, 0.15) is 6.92 Å². The first-order valence-electron chi connectivity index (χ1n) is 6.21. The van der Waals surface area contributed by atoms with Crippen molar-refractivity contribution < 1.29 is 27.4 Å². The number of nitrogens with one attached hydrogen (secondary N) is 1. The van der Waals surface area contributed by atoms with Gasteiger partial charge in [-0.3, -0.25) is 4.79 Å². The molecule has 0 aromatic heterocycles. The molecule has 1 fully saturated rings. The van der Waals surface area contributed by atoms with Crippen LogP contribution in [-0.4, -0.2) is 31.5 Å². The first-order valence-corrected chi connectivity index (χ1v) is 6.21. The second kappa shape index (κ2) is 5.53. The zero-order valence-electron chi connectivity index (χ0n) is 11.2. The Kier molecular flexibility index (Phi) is 4.11. The van der Waals surface area contributed by atoms with Gasteiger partial charge in [0, 0.05) is 11.7 Å². The Labute approximate surface area is 119 Å². The van der Waals surface area contributed by atoms with Crippen LogP contribution in [0.4, 0.5) is 18.9 Å². The van der Waals surface area contributed by atoms with Gasteiger partial charge >= 0.3 is 6.36 Å². The fourth-order valence-corrected chi connectivity index (χ4v) is 1.94. The second-order valence-corrected chi connectivity index (χ2v) is 5.07. The lowest BCUT2D eigenvalue weighted by Crippen LogP contribution is -2.47. The van der Waals surface area contributed by atoms with Crippen LogP contribution in [0.15, 0.2) is 24.3 Å². The SMILES string of the molecule is CC1(C(=O)Nc2ccc(OC(F)(F)F)cc2)COCC1N. The zero-order valence-corrected chi connectivity index (χ0v) is 11.2. The van der Waals surface area contributed by atoms with Gasteiger partial charge in [-0.2, -0.15) is 0 Å². The van der Waals surface area contributed by atoms with Gasteiger partial charge in [0.15, 0.2) is 0 Å². The number of halogens is 3. The van der Waals surface area contributed by atoms with E-state index in [2.05, 4.69) is 10.1 Å². The highest BCUT2D eigenvalue weighted by molar-refractivity contribution is 5.96. The van der Waals surface area contributed by atoms with E-state index < -0.39 is 17.8 Å². The first-order chi connectivity index (χ1) is 9.71. The van der Waals surface area contributed by atoms with Crippen molar-refractivity contribution in [3.63, 3.8) is 0 Å². The number of benzene rings is 1. The monoisotopic (exact) mass is 304 g/mol. The second-order valence-electron chi connectivity index (χ2n) is 5.07. The number of hydrogen-bond donors (Lipinski definition) is 2. The van der Waals surface area contributed by atoms with Crippen LogP contribution in [0.5, 0.6) is 5.75 Å². The summed E-state index contributed by atoms with van der Waals surface area (Å²) in [5.74, 6) is -0.690. The molecule has 0 spiro atoms. The van der Waals surface area contributed by atoms with Crippen LogP contribution in [0.3, 0.4) is 0 Å². The molecular weight excluding hydrogens is 289 g/mol. The lowest BCUT2D eigenvalue weighted by molar-refractivity contribution is -0.274. The highest BCUT2D eigenvalue weighted by atomic mass is 19.4. The normalized spacial score (nSPS) is 25.7. The van der Waals surface area contributed by atoms with Crippen LogP contribution >= 0.6 is 0 Å². The molecule has 1 aliphatic rings. The summed E-state index contributed by atoms with van der Waals surface area (Å²) in [5, 5.41) is 2.61. The van der Waals surface area contributed by atoms with Crippen molar-refractivity contribution in [2.75, 3.05) is 18.5 Å². The summed E-state index contributed by atoms with van der Waals surface area (Å²) in [6.45, 7) is 2.18. The Hall–Kier alpha value is -1.80. The lowest BCUT2D eigenvalue weighted by atomic mass is 9.85. The van der Waals surface area contributed by atoms with Crippen LogP contribution < -0.4 is 15.8 Å². The minimum atomic E-state index is -4.74. The molecule has 2 unspecified atom stereocenters. The van der Waals surface area contributed by atoms with Crippen molar-refractivity contribution in [3.8, 4) is 5.75 Å². The van der Waals surface area contributed by atoms with E-state index in [4.69, 9.17) is 10.5 Å². The minimum absolute atomic E-state index is 0.204. The fourth-order valence-electron chi connectivity index (χ4n) is 1.94. The molecule has 2 rings (SSSR count). The molecule has 0 aliphatic carbocycles. The average molecular weight is 304 g/mol. The summed E-state index contributed by atoms with van der Waals surface area (Å²) in [7, 11) is 0. The molecule has 116 valence electrons. The maximum atomic E-state index is 12.2. The third-order valence-corrected chi connectivity index (χ3v) is 3.38.